The Morgan fingerprint density at radius 1 is 1.25 bits per heavy atom. The maximum absolute atomic E-state index is 11.4. The Hall–Kier alpha value is -1.03. The van der Waals surface area contributed by atoms with E-state index in [4.69, 9.17) is 4.42 Å². The number of hydrogen-bond acceptors (Lipinski definition) is 2. The number of benzene rings is 1. The topological polar surface area (TPSA) is 35.1 Å². The van der Waals surface area contributed by atoms with Crippen molar-refractivity contribution in [1.29, 1.82) is 0 Å². The van der Waals surface area contributed by atoms with Crippen LogP contribution in [-0.2, 0) is 12.5 Å². The largest absolute Gasteiger partial charge is 0.419 e. The van der Waals surface area contributed by atoms with Crippen LogP contribution in [-0.4, -0.2) is 4.57 Å². The molecule has 0 atom stereocenters. The van der Waals surface area contributed by atoms with Crippen LogP contribution < -0.4 is 5.76 Å². The summed E-state index contributed by atoms with van der Waals surface area (Å²) < 4.78 is 6.71. The van der Waals surface area contributed by atoms with E-state index in [0.717, 1.165) is 11.1 Å². The first-order valence-electron chi connectivity index (χ1n) is 5.00. The van der Waals surface area contributed by atoms with Crippen LogP contribution in [0.5, 0.6) is 0 Å². The van der Waals surface area contributed by atoms with Gasteiger partial charge in [0.25, 0.3) is 0 Å². The summed E-state index contributed by atoms with van der Waals surface area (Å²) in [5.41, 5.74) is 2.70. The molecule has 1 aromatic carbocycles. The number of nitrogens with zero attached hydrogens (tertiary/aromatic N) is 1. The van der Waals surface area contributed by atoms with E-state index in [0.29, 0.717) is 5.58 Å². The standard InChI is InChI=1S/C12H15NO2.BrH/c1-12(2,3)8-6-5-7-9-10(8)13(4)11(14)15-9;/h5-7H,1-4H3;1H. The van der Waals surface area contributed by atoms with Crippen LogP contribution >= 0.6 is 17.0 Å². The van der Waals surface area contributed by atoms with Gasteiger partial charge in [0.2, 0.25) is 0 Å². The molecule has 0 aliphatic rings. The van der Waals surface area contributed by atoms with Crippen LogP contribution in [0.25, 0.3) is 11.1 Å². The highest BCUT2D eigenvalue weighted by molar-refractivity contribution is 8.93. The van der Waals surface area contributed by atoms with Gasteiger partial charge in [-0.05, 0) is 17.0 Å². The van der Waals surface area contributed by atoms with Gasteiger partial charge in [0.1, 0.15) is 0 Å². The van der Waals surface area contributed by atoms with Gasteiger partial charge >= 0.3 is 5.76 Å². The van der Waals surface area contributed by atoms with Crippen LogP contribution in [0.15, 0.2) is 27.4 Å². The molecule has 0 aliphatic heterocycles. The molecule has 0 spiro atoms. The summed E-state index contributed by atoms with van der Waals surface area (Å²) in [6.07, 6.45) is 0. The van der Waals surface area contributed by atoms with Gasteiger partial charge in [0.15, 0.2) is 5.58 Å². The van der Waals surface area contributed by atoms with Crippen molar-refractivity contribution in [3.8, 4) is 0 Å². The summed E-state index contributed by atoms with van der Waals surface area (Å²) in [5.74, 6) is -0.304. The fourth-order valence-corrected chi connectivity index (χ4v) is 1.81. The Morgan fingerprint density at radius 3 is 2.44 bits per heavy atom. The predicted octanol–water partition coefficient (Wildman–Crippen LogP) is 3.01. The fourth-order valence-electron chi connectivity index (χ4n) is 1.81. The highest BCUT2D eigenvalue weighted by Gasteiger charge is 2.20. The summed E-state index contributed by atoms with van der Waals surface area (Å²) >= 11 is 0. The molecule has 1 aromatic heterocycles. The van der Waals surface area contributed by atoms with Crippen molar-refractivity contribution in [2.45, 2.75) is 26.2 Å². The molecule has 2 rings (SSSR count). The number of hydrogen-bond donors (Lipinski definition) is 0. The molecular weight excluding hydrogens is 270 g/mol. The highest BCUT2D eigenvalue weighted by atomic mass is 79.9. The molecule has 4 heteroatoms. The number of halogens is 1. The van der Waals surface area contributed by atoms with Crippen molar-refractivity contribution in [2.75, 3.05) is 0 Å². The van der Waals surface area contributed by atoms with Crippen molar-refractivity contribution in [3.05, 3.63) is 34.3 Å². The lowest BCUT2D eigenvalue weighted by molar-refractivity contribution is 0.528. The van der Waals surface area contributed by atoms with Crippen molar-refractivity contribution in [1.82, 2.24) is 4.57 Å². The smallest absolute Gasteiger partial charge is 0.408 e. The van der Waals surface area contributed by atoms with Gasteiger partial charge in [-0.1, -0.05) is 32.9 Å². The number of aryl methyl sites for hydroxylation is 1. The average Bonchev–Trinajstić information content (AvgIpc) is 2.41. The molecule has 0 N–H and O–H groups in total. The molecule has 0 aliphatic carbocycles. The Bertz CT molecular complexity index is 560. The molecule has 88 valence electrons. The van der Waals surface area contributed by atoms with Gasteiger partial charge in [-0.25, -0.2) is 4.79 Å². The van der Waals surface area contributed by atoms with E-state index >= 15 is 0 Å². The molecule has 16 heavy (non-hydrogen) atoms. The van der Waals surface area contributed by atoms with Gasteiger partial charge in [0.05, 0.1) is 5.52 Å². The van der Waals surface area contributed by atoms with E-state index in [1.165, 1.54) is 0 Å². The average molecular weight is 286 g/mol. The molecule has 0 unspecified atom stereocenters. The molecule has 2 aromatic rings. The number of para-hydroxylation sites is 1. The summed E-state index contributed by atoms with van der Waals surface area (Å²) in [6.45, 7) is 6.37. The SMILES string of the molecule is Br.Cn1c(=O)oc2cccc(C(C)(C)C)c21. The highest BCUT2D eigenvalue weighted by Crippen LogP contribution is 2.28. The van der Waals surface area contributed by atoms with E-state index in [2.05, 4.69) is 20.8 Å². The fraction of sp³-hybridized carbons (Fsp3) is 0.417. The van der Waals surface area contributed by atoms with Crippen LogP contribution in [0.1, 0.15) is 26.3 Å². The van der Waals surface area contributed by atoms with Crippen molar-refractivity contribution in [2.24, 2.45) is 7.05 Å². The Morgan fingerprint density at radius 2 is 1.88 bits per heavy atom. The summed E-state index contributed by atoms with van der Waals surface area (Å²) in [7, 11) is 1.74. The monoisotopic (exact) mass is 285 g/mol. The molecule has 0 saturated carbocycles. The first-order chi connectivity index (χ1) is 6.91. The van der Waals surface area contributed by atoms with Crippen LogP contribution in [0, 0.1) is 0 Å². The predicted molar refractivity (Wildman–Crippen MR) is 70.5 cm³/mol. The van der Waals surface area contributed by atoms with E-state index in [1.807, 2.05) is 18.2 Å². The second kappa shape index (κ2) is 4.09. The third kappa shape index (κ3) is 1.94. The van der Waals surface area contributed by atoms with E-state index in [9.17, 15) is 4.79 Å². The van der Waals surface area contributed by atoms with E-state index in [-0.39, 0.29) is 28.2 Å². The Balaban J connectivity index is 0.00000128. The molecule has 0 amide bonds. The second-order valence-electron chi connectivity index (χ2n) is 4.83. The minimum absolute atomic E-state index is 0. The zero-order chi connectivity index (χ0) is 11.2. The van der Waals surface area contributed by atoms with Crippen LogP contribution in [0.3, 0.4) is 0 Å². The van der Waals surface area contributed by atoms with Crippen LogP contribution in [0.4, 0.5) is 0 Å². The number of fused-ring (bicyclic) bond motifs is 1. The van der Waals surface area contributed by atoms with E-state index in [1.54, 1.807) is 11.6 Å². The molecule has 0 fully saturated rings. The number of aromatic nitrogens is 1. The summed E-state index contributed by atoms with van der Waals surface area (Å²) in [6, 6.07) is 5.79. The maximum Gasteiger partial charge on any atom is 0.419 e. The first-order valence-corrected chi connectivity index (χ1v) is 5.00. The normalized spacial score (nSPS) is 11.5. The van der Waals surface area contributed by atoms with Crippen molar-refractivity contribution in [3.63, 3.8) is 0 Å². The third-order valence-corrected chi connectivity index (χ3v) is 2.61. The second-order valence-corrected chi connectivity index (χ2v) is 4.83. The molecule has 0 saturated heterocycles. The molecule has 3 nitrogen and oxygen atoms in total. The van der Waals surface area contributed by atoms with Crippen molar-refractivity contribution < 1.29 is 4.42 Å². The minimum atomic E-state index is -0.304. The van der Waals surface area contributed by atoms with Crippen molar-refractivity contribution >= 4 is 28.1 Å². The van der Waals surface area contributed by atoms with Gasteiger partial charge < -0.3 is 4.42 Å². The lowest BCUT2D eigenvalue weighted by atomic mass is 9.86. The Labute approximate surface area is 105 Å². The zero-order valence-corrected chi connectivity index (χ0v) is 11.6. The molecule has 0 radical (unpaired) electrons. The van der Waals surface area contributed by atoms with Gasteiger partial charge in [0, 0.05) is 7.05 Å². The van der Waals surface area contributed by atoms with Gasteiger partial charge in [-0.3, -0.25) is 4.57 Å². The molecule has 1 heterocycles. The molecular formula is C12H16BrNO2. The Kier molecular flexibility index (Phi) is 3.33. The first kappa shape index (κ1) is 13.0. The van der Waals surface area contributed by atoms with E-state index < -0.39 is 0 Å². The van der Waals surface area contributed by atoms with Gasteiger partial charge in [-0.15, -0.1) is 17.0 Å². The number of oxazole rings is 1. The maximum atomic E-state index is 11.4. The summed E-state index contributed by atoms with van der Waals surface area (Å²) in [5, 5.41) is 0. The molecule has 0 bridgehead atoms. The van der Waals surface area contributed by atoms with Gasteiger partial charge in [-0.2, -0.15) is 0 Å². The zero-order valence-electron chi connectivity index (χ0n) is 9.90. The number of rotatable bonds is 0. The quantitative estimate of drug-likeness (QED) is 0.746. The lowest BCUT2D eigenvalue weighted by Gasteiger charge is -2.19. The minimum Gasteiger partial charge on any atom is -0.408 e. The lowest BCUT2D eigenvalue weighted by Crippen LogP contribution is -2.15. The third-order valence-electron chi connectivity index (χ3n) is 2.61. The summed E-state index contributed by atoms with van der Waals surface area (Å²) in [4.78, 5) is 11.4. The van der Waals surface area contributed by atoms with Crippen LogP contribution in [0.2, 0.25) is 0 Å².